The zero-order valence-corrected chi connectivity index (χ0v) is 12.2. The number of aromatic amines is 1. The van der Waals surface area contributed by atoms with Crippen molar-refractivity contribution in [3.8, 4) is 5.75 Å². The van der Waals surface area contributed by atoms with Crippen LogP contribution in [0.5, 0.6) is 5.75 Å². The third-order valence-corrected chi connectivity index (χ3v) is 3.13. The van der Waals surface area contributed by atoms with E-state index in [1.165, 1.54) is 12.3 Å². The van der Waals surface area contributed by atoms with Gasteiger partial charge < -0.3 is 15.0 Å². The van der Waals surface area contributed by atoms with Gasteiger partial charge in [0.15, 0.2) is 6.10 Å². The molecular formula is C15H15ClN2O3. The summed E-state index contributed by atoms with van der Waals surface area (Å²) >= 11 is 5.97. The minimum atomic E-state index is -0.688. The number of para-hydroxylation sites is 1. The fraction of sp³-hybridized carbons (Fsp3) is 0.200. The second kappa shape index (κ2) is 6.95. The van der Waals surface area contributed by atoms with Crippen molar-refractivity contribution in [2.75, 3.05) is 0 Å². The van der Waals surface area contributed by atoms with E-state index in [0.717, 1.165) is 5.56 Å². The number of hydrogen-bond donors (Lipinski definition) is 2. The van der Waals surface area contributed by atoms with Gasteiger partial charge in [0.2, 0.25) is 5.56 Å². The number of carbonyl (C=O) groups excluding carboxylic acids is 1. The van der Waals surface area contributed by atoms with E-state index in [-0.39, 0.29) is 18.0 Å². The summed E-state index contributed by atoms with van der Waals surface area (Å²) in [4.78, 5) is 25.6. The molecule has 1 aromatic carbocycles. The van der Waals surface area contributed by atoms with Gasteiger partial charge in [-0.05, 0) is 30.7 Å². The van der Waals surface area contributed by atoms with Gasteiger partial charge in [0.1, 0.15) is 5.75 Å². The Morgan fingerprint density at radius 2 is 2.14 bits per heavy atom. The molecule has 0 fully saturated rings. The summed E-state index contributed by atoms with van der Waals surface area (Å²) in [6.07, 6.45) is 0.847. The largest absolute Gasteiger partial charge is 0.479 e. The van der Waals surface area contributed by atoms with Crippen molar-refractivity contribution in [3.63, 3.8) is 0 Å². The number of aromatic nitrogens is 1. The molecule has 0 bridgehead atoms. The van der Waals surface area contributed by atoms with Crippen molar-refractivity contribution in [2.24, 2.45) is 0 Å². The van der Waals surface area contributed by atoms with Gasteiger partial charge in [0, 0.05) is 18.8 Å². The summed E-state index contributed by atoms with van der Waals surface area (Å²) in [5, 5.41) is 3.16. The molecule has 0 aliphatic carbocycles. The minimum Gasteiger partial charge on any atom is -0.479 e. The van der Waals surface area contributed by atoms with E-state index in [0.29, 0.717) is 10.8 Å². The SMILES string of the molecule is C[C@@H](Oc1ccccc1Cl)C(=O)NCc1cc[nH]c(=O)c1. The van der Waals surface area contributed by atoms with Gasteiger partial charge in [0.25, 0.3) is 5.91 Å². The number of carbonyl (C=O) groups is 1. The van der Waals surface area contributed by atoms with Crippen LogP contribution in [-0.4, -0.2) is 17.0 Å². The number of amides is 1. The second-order valence-corrected chi connectivity index (χ2v) is 4.88. The molecule has 0 aliphatic heterocycles. The summed E-state index contributed by atoms with van der Waals surface area (Å²) in [7, 11) is 0. The average molecular weight is 307 g/mol. The maximum absolute atomic E-state index is 12.0. The van der Waals surface area contributed by atoms with Gasteiger partial charge in [-0.25, -0.2) is 0 Å². The molecule has 0 spiro atoms. The third kappa shape index (κ3) is 4.36. The molecule has 1 amide bonds. The molecule has 0 unspecified atom stereocenters. The first-order valence-electron chi connectivity index (χ1n) is 6.43. The van der Waals surface area contributed by atoms with Crippen LogP contribution in [0.1, 0.15) is 12.5 Å². The van der Waals surface area contributed by atoms with E-state index in [9.17, 15) is 9.59 Å². The molecule has 0 radical (unpaired) electrons. The van der Waals surface area contributed by atoms with E-state index in [1.54, 1.807) is 37.3 Å². The number of nitrogens with one attached hydrogen (secondary N) is 2. The van der Waals surface area contributed by atoms with Crippen LogP contribution in [-0.2, 0) is 11.3 Å². The first-order chi connectivity index (χ1) is 10.1. The highest BCUT2D eigenvalue weighted by Gasteiger charge is 2.15. The monoisotopic (exact) mass is 306 g/mol. The second-order valence-electron chi connectivity index (χ2n) is 4.47. The molecule has 1 heterocycles. The van der Waals surface area contributed by atoms with Crippen LogP contribution in [0, 0.1) is 0 Å². The number of pyridine rings is 1. The average Bonchev–Trinajstić information content (AvgIpc) is 2.47. The number of rotatable bonds is 5. The van der Waals surface area contributed by atoms with Gasteiger partial charge in [-0.2, -0.15) is 0 Å². The molecule has 0 saturated carbocycles. The molecule has 21 heavy (non-hydrogen) atoms. The Bertz CT molecular complexity index is 684. The molecule has 1 atom stereocenters. The summed E-state index contributed by atoms with van der Waals surface area (Å²) in [5.41, 5.74) is 0.513. The molecule has 6 heteroatoms. The number of ether oxygens (including phenoxy) is 1. The molecule has 0 aliphatic rings. The molecule has 0 saturated heterocycles. The maximum atomic E-state index is 12.0. The lowest BCUT2D eigenvalue weighted by Crippen LogP contribution is -2.36. The van der Waals surface area contributed by atoms with Gasteiger partial charge >= 0.3 is 0 Å². The van der Waals surface area contributed by atoms with Gasteiger partial charge in [-0.1, -0.05) is 23.7 Å². The van der Waals surface area contributed by atoms with Crippen molar-refractivity contribution in [3.05, 3.63) is 63.5 Å². The van der Waals surface area contributed by atoms with E-state index < -0.39 is 6.10 Å². The highest BCUT2D eigenvalue weighted by molar-refractivity contribution is 6.32. The van der Waals surface area contributed by atoms with Crippen molar-refractivity contribution in [1.82, 2.24) is 10.3 Å². The van der Waals surface area contributed by atoms with Crippen LogP contribution in [0.25, 0.3) is 0 Å². The van der Waals surface area contributed by atoms with Crippen molar-refractivity contribution in [1.29, 1.82) is 0 Å². The molecule has 5 nitrogen and oxygen atoms in total. The van der Waals surface area contributed by atoms with Crippen LogP contribution >= 0.6 is 11.6 Å². The number of H-pyrrole nitrogens is 1. The van der Waals surface area contributed by atoms with Crippen LogP contribution in [0.3, 0.4) is 0 Å². The molecule has 1 aromatic heterocycles. The van der Waals surface area contributed by atoms with Gasteiger partial charge in [-0.15, -0.1) is 0 Å². The number of halogens is 1. The molecule has 2 N–H and O–H groups in total. The molecular weight excluding hydrogens is 292 g/mol. The first-order valence-corrected chi connectivity index (χ1v) is 6.80. The van der Waals surface area contributed by atoms with Gasteiger partial charge in [-0.3, -0.25) is 9.59 Å². The lowest BCUT2D eigenvalue weighted by atomic mass is 10.2. The van der Waals surface area contributed by atoms with Crippen molar-refractivity contribution >= 4 is 17.5 Å². The lowest BCUT2D eigenvalue weighted by Gasteiger charge is -2.15. The summed E-state index contributed by atoms with van der Waals surface area (Å²) in [6, 6.07) is 10.1. The van der Waals surface area contributed by atoms with Crippen molar-refractivity contribution < 1.29 is 9.53 Å². The normalized spacial score (nSPS) is 11.7. The Balaban J connectivity index is 1.91. The Morgan fingerprint density at radius 3 is 2.86 bits per heavy atom. The Labute approximate surface area is 126 Å². The van der Waals surface area contributed by atoms with Crippen LogP contribution < -0.4 is 15.6 Å². The Hall–Kier alpha value is -2.27. The highest BCUT2D eigenvalue weighted by atomic mass is 35.5. The highest BCUT2D eigenvalue weighted by Crippen LogP contribution is 2.24. The fourth-order valence-corrected chi connectivity index (χ4v) is 1.90. The van der Waals surface area contributed by atoms with E-state index in [2.05, 4.69) is 10.3 Å². The topological polar surface area (TPSA) is 71.2 Å². The van der Waals surface area contributed by atoms with Crippen LogP contribution in [0.4, 0.5) is 0 Å². The van der Waals surface area contributed by atoms with E-state index in [4.69, 9.17) is 16.3 Å². The Kier molecular flexibility index (Phi) is 5.00. The molecule has 110 valence electrons. The molecule has 2 rings (SSSR count). The number of benzene rings is 1. The lowest BCUT2D eigenvalue weighted by molar-refractivity contribution is -0.127. The standard InChI is InChI=1S/C15H15ClN2O3/c1-10(21-13-5-3-2-4-12(13)16)15(20)18-9-11-6-7-17-14(19)8-11/h2-8,10H,9H2,1H3,(H,17,19)(H,18,20)/t10-/m1/s1. The summed E-state index contributed by atoms with van der Waals surface area (Å²) < 4.78 is 5.51. The quantitative estimate of drug-likeness (QED) is 0.889. The molecule has 2 aromatic rings. The van der Waals surface area contributed by atoms with Crippen LogP contribution in [0.2, 0.25) is 5.02 Å². The van der Waals surface area contributed by atoms with E-state index in [1.807, 2.05) is 0 Å². The fourth-order valence-electron chi connectivity index (χ4n) is 1.72. The zero-order valence-electron chi connectivity index (χ0n) is 11.4. The summed E-state index contributed by atoms with van der Waals surface area (Å²) in [6.45, 7) is 1.90. The first kappa shape index (κ1) is 15.1. The maximum Gasteiger partial charge on any atom is 0.261 e. The Morgan fingerprint density at radius 1 is 1.38 bits per heavy atom. The summed E-state index contributed by atoms with van der Waals surface area (Å²) in [5.74, 6) is 0.174. The van der Waals surface area contributed by atoms with Crippen molar-refractivity contribution in [2.45, 2.75) is 19.6 Å². The van der Waals surface area contributed by atoms with Crippen LogP contribution in [0.15, 0.2) is 47.4 Å². The number of hydrogen-bond acceptors (Lipinski definition) is 3. The smallest absolute Gasteiger partial charge is 0.261 e. The van der Waals surface area contributed by atoms with Gasteiger partial charge in [0.05, 0.1) is 5.02 Å². The predicted octanol–water partition coefficient (Wildman–Crippen LogP) is 2.11. The zero-order chi connectivity index (χ0) is 15.2. The van der Waals surface area contributed by atoms with E-state index >= 15 is 0 Å². The third-order valence-electron chi connectivity index (χ3n) is 2.82. The predicted molar refractivity (Wildman–Crippen MR) is 80.5 cm³/mol. The minimum absolute atomic E-state index is 0.206.